The second-order valence-electron chi connectivity index (χ2n) is 6.97. The number of hydrogen-bond donors (Lipinski definition) is 1. The minimum absolute atomic E-state index is 0.430. The van der Waals surface area contributed by atoms with Gasteiger partial charge in [-0.25, -0.2) is 0 Å². The van der Waals surface area contributed by atoms with Crippen molar-refractivity contribution < 1.29 is 0 Å². The zero-order valence-electron chi connectivity index (χ0n) is 12.7. The second-order valence-corrected chi connectivity index (χ2v) is 6.97. The van der Waals surface area contributed by atoms with Crippen LogP contribution in [-0.2, 0) is 0 Å². The van der Waals surface area contributed by atoms with Gasteiger partial charge in [-0.3, -0.25) is 0 Å². The highest BCUT2D eigenvalue weighted by atomic mass is 15.1. The molecule has 0 aromatic rings. The number of hydrogen-bond acceptors (Lipinski definition) is 2. The van der Waals surface area contributed by atoms with Gasteiger partial charge < -0.3 is 10.2 Å². The minimum atomic E-state index is 0.430. The van der Waals surface area contributed by atoms with Crippen LogP contribution in [0.25, 0.3) is 0 Å². The Kier molecular flexibility index (Phi) is 5.46. The molecule has 0 bridgehead atoms. The van der Waals surface area contributed by atoms with Gasteiger partial charge in [-0.2, -0.15) is 0 Å². The van der Waals surface area contributed by atoms with Gasteiger partial charge in [-0.1, -0.05) is 27.7 Å². The molecule has 1 saturated heterocycles. The summed E-state index contributed by atoms with van der Waals surface area (Å²) in [5.74, 6) is 0.751. The Morgan fingerprint density at radius 1 is 1.12 bits per heavy atom. The summed E-state index contributed by atoms with van der Waals surface area (Å²) in [5, 5.41) is 3.66. The van der Waals surface area contributed by atoms with E-state index in [9.17, 15) is 0 Å². The Morgan fingerprint density at radius 2 is 1.59 bits per heavy atom. The standard InChI is InChI=1S/C15H32N2/c1-12(2)15(5,6)11-17-9-7-13(3)16-14(4)8-10-17/h12-14,16H,7-11H2,1-6H3. The highest BCUT2D eigenvalue weighted by Gasteiger charge is 2.26. The predicted molar refractivity (Wildman–Crippen MR) is 76.4 cm³/mol. The molecule has 102 valence electrons. The maximum absolute atomic E-state index is 3.66. The van der Waals surface area contributed by atoms with Gasteiger partial charge in [-0.05, 0) is 51.1 Å². The third-order valence-electron chi connectivity index (χ3n) is 4.52. The maximum atomic E-state index is 3.66. The lowest BCUT2D eigenvalue weighted by Gasteiger charge is -2.38. The van der Waals surface area contributed by atoms with Gasteiger partial charge >= 0.3 is 0 Å². The molecule has 0 spiro atoms. The molecule has 0 aliphatic carbocycles. The first-order chi connectivity index (χ1) is 7.81. The molecule has 0 aromatic heterocycles. The fourth-order valence-corrected chi connectivity index (χ4v) is 2.43. The number of nitrogens with one attached hydrogen (secondary N) is 1. The molecule has 1 N–H and O–H groups in total. The average molecular weight is 240 g/mol. The van der Waals surface area contributed by atoms with Crippen LogP contribution in [0.15, 0.2) is 0 Å². The highest BCUT2D eigenvalue weighted by Crippen LogP contribution is 2.27. The van der Waals surface area contributed by atoms with Crippen LogP contribution in [0.2, 0.25) is 0 Å². The lowest BCUT2D eigenvalue weighted by molar-refractivity contribution is 0.118. The van der Waals surface area contributed by atoms with E-state index in [-0.39, 0.29) is 0 Å². The maximum Gasteiger partial charge on any atom is 0.00533 e. The molecular formula is C15H32N2. The zero-order valence-corrected chi connectivity index (χ0v) is 12.7. The Bertz CT molecular complexity index is 211. The van der Waals surface area contributed by atoms with Crippen LogP contribution in [0, 0.1) is 11.3 Å². The van der Waals surface area contributed by atoms with Crippen LogP contribution >= 0.6 is 0 Å². The molecule has 0 saturated carbocycles. The summed E-state index contributed by atoms with van der Waals surface area (Å²) in [7, 11) is 0. The summed E-state index contributed by atoms with van der Waals surface area (Å²) < 4.78 is 0. The normalized spacial score (nSPS) is 29.1. The van der Waals surface area contributed by atoms with Gasteiger partial charge in [-0.15, -0.1) is 0 Å². The van der Waals surface area contributed by atoms with Crippen LogP contribution < -0.4 is 5.32 Å². The quantitative estimate of drug-likeness (QED) is 0.815. The second kappa shape index (κ2) is 6.19. The summed E-state index contributed by atoms with van der Waals surface area (Å²) in [6.07, 6.45) is 2.55. The van der Waals surface area contributed by atoms with Crippen LogP contribution in [0.3, 0.4) is 0 Å². The summed E-state index contributed by atoms with van der Waals surface area (Å²) >= 11 is 0. The van der Waals surface area contributed by atoms with E-state index in [0.717, 1.165) is 5.92 Å². The van der Waals surface area contributed by atoms with Crippen molar-refractivity contribution in [3.05, 3.63) is 0 Å². The Hall–Kier alpha value is -0.0800. The largest absolute Gasteiger partial charge is 0.312 e. The lowest BCUT2D eigenvalue weighted by atomic mass is 9.80. The van der Waals surface area contributed by atoms with Gasteiger partial charge in [0, 0.05) is 18.6 Å². The van der Waals surface area contributed by atoms with Gasteiger partial charge in [0.2, 0.25) is 0 Å². The lowest BCUT2D eigenvalue weighted by Crippen LogP contribution is -2.46. The predicted octanol–water partition coefficient (Wildman–Crippen LogP) is 3.13. The van der Waals surface area contributed by atoms with Crippen LogP contribution in [0.4, 0.5) is 0 Å². The number of rotatable bonds is 3. The topological polar surface area (TPSA) is 15.3 Å². The summed E-state index contributed by atoms with van der Waals surface area (Å²) in [6.45, 7) is 17.9. The Morgan fingerprint density at radius 3 is 2.00 bits per heavy atom. The van der Waals surface area contributed by atoms with Crippen molar-refractivity contribution in [3.8, 4) is 0 Å². The highest BCUT2D eigenvalue weighted by molar-refractivity contribution is 4.81. The zero-order chi connectivity index (χ0) is 13.1. The first-order valence-corrected chi connectivity index (χ1v) is 7.29. The molecular weight excluding hydrogens is 208 g/mol. The van der Waals surface area contributed by atoms with Gasteiger partial charge in [0.05, 0.1) is 0 Å². The molecule has 2 atom stereocenters. The van der Waals surface area contributed by atoms with E-state index < -0.39 is 0 Å². The molecule has 2 unspecified atom stereocenters. The van der Waals surface area contributed by atoms with Gasteiger partial charge in [0.15, 0.2) is 0 Å². The minimum Gasteiger partial charge on any atom is -0.312 e. The van der Waals surface area contributed by atoms with Gasteiger partial charge in [0.25, 0.3) is 0 Å². The van der Waals surface area contributed by atoms with E-state index in [4.69, 9.17) is 0 Å². The van der Waals surface area contributed by atoms with Crippen LogP contribution in [0.5, 0.6) is 0 Å². The Labute approximate surface area is 108 Å². The molecule has 0 radical (unpaired) electrons. The summed E-state index contributed by atoms with van der Waals surface area (Å²) in [6, 6.07) is 1.32. The molecule has 0 aromatic carbocycles. The van der Waals surface area contributed by atoms with Crippen molar-refractivity contribution in [2.45, 2.75) is 66.5 Å². The van der Waals surface area contributed by atoms with Gasteiger partial charge in [0.1, 0.15) is 0 Å². The first kappa shape index (κ1) is 15.0. The molecule has 1 rings (SSSR count). The Balaban J connectivity index is 2.52. The van der Waals surface area contributed by atoms with Crippen molar-refractivity contribution >= 4 is 0 Å². The van der Waals surface area contributed by atoms with E-state index in [1.165, 1.54) is 32.5 Å². The van der Waals surface area contributed by atoms with Crippen molar-refractivity contribution in [3.63, 3.8) is 0 Å². The van der Waals surface area contributed by atoms with E-state index in [1.54, 1.807) is 0 Å². The fourth-order valence-electron chi connectivity index (χ4n) is 2.43. The first-order valence-electron chi connectivity index (χ1n) is 7.29. The fraction of sp³-hybridized carbons (Fsp3) is 1.00. The van der Waals surface area contributed by atoms with E-state index >= 15 is 0 Å². The monoisotopic (exact) mass is 240 g/mol. The smallest absolute Gasteiger partial charge is 0.00533 e. The SMILES string of the molecule is CC1CCN(CC(C)(C)C(C)C)CCC(C)N1. The van der Waals surface area contributed by atoms with E-state index in [1.807, 2.05) is 0 Å². The van der Waals surface area contributed by atoms with Crippen LogP contribution in [-0.4, -0.2) is 36.6 Å². The molecule has 0 amide bonds. The van der Waals surface area contributed by atoms with Crippen molar-refractivity contribution in [1.29, 1.82) is 0 Å². The molecule has 1 aliphatic heterocycles. The van der Waals surface area contributed by atoms with E-state index in [0.29, 0.717) is 17.5 Å². The third kappa shape index (κ3) is 4.97. The molecule has 2 heteroatoms. The van der Waals surface area contributed by atoms with Crippen molar-refractivity contribution in [2.75, 3.05) is 19.6 Å². The molecule has 1 aliphatic rings. The molecule has 2 nitrogen and oxygen atoms in total. The summed E-state index contributed by atoms with van der Waals surface area (Å²) in [5.41, 5.74) is 0.430. The average Bonchev–Trinajstić information content (AvgIpc) is 2.19. The molecule has 17 heavy (non-hydrogen) atoms. The summed E-state index contributed by atoms with van der Waals surface area (Å²) in [4.78, 5) is 2.67. The number of nitrogens with zero attached hydrogens (tertiary/aromatic N) is 1. The third-order valence-corrected chi connectivity index (χ3v) is 4.52. The molecule has 1 fully saturated rings. The van der Waals surface area contributed by atoms with Crippen molar-refractivity contribution in [1.82, 2.24) is 10.2 Å². The molecule has 1 heterocycles. The van der Waals surface area contributed by atoms with Crippen LogP contribution in [0.1, 0.15) is 54.4 Å². The van der Waals surface area contributed by atoms with Crippen molar-refractivity contribution in [2.24, 2.45) is 11.3 Å². The van der Waals surface area contributed by atoms with E-state index in [2.05, 4.69) is 51.8 Å².